The van der Waals surface area contributed by atoms with E-state index in [4.69, 9.17) is 5.73 Å². The molecule has 4 nitrogen and oxygen atoms in total. The predicted molar refractivity (Wildman–Crippen MR) is 64.9 cm³/mol. The van der Waals surface area contributed by atoms with Crippen LogP contribution in [0.15, 0.2) is 12.4 Å². The van der Waals surface area contributed by atoms with Crippen molar-refractivity contribution in [3.63, 3.8) is 0 Å². The fourth-order valence-corrected chi connectivity index (χ4v) is 2.58. The minimum absolute atomic E-state index is 0.437. The third-order valence-corrected chi connectivity index (χ3v) is 3.48. The maximum absolute atomic E-state index is 5.93. The normalized spacial score (nSPS) is 25.5. The molecule has 2 atom stereocenters. The molecule has 1 heterocycles. The molecule has 1 saturated carbocycles. The second kappa shape index (κ2) is 4.97. The third-order valence-electron chi connectivity index (χ3n) is 3.48. The van der Waals surface area contributed by atoms with Crippen LogP contribution in [-0.2, 0) is 13.6 Å². The van der Waals surface area contributed by atoms with E-state index in [1.54, 1.807) is 0 Å². The molecule has 0 spiro atoms. The Morgan fingerprint density at radius 1 is 1.56 bits per heavy atom. The lowest BCUT2D eigenvalue weighted by molar-refractivity contribution is 0.262. The van der Waals surface area contributed by atoms with Crippen molar-refractivity contribution in [2.45, 2.75) is 31.8 Å². The zero-order valence-corrected chi connectivity index (χ0v) is 10.3. The quantitative estimate of drug-likeness (QED) is 0.826. The lowest BCUT2D eigenvalue weighted by atomic mass is 10.1. The van der Waals surface area contributed by atoms with Crippen LogP contribution < -0.4 is 5.73 Å². The third kappa shape index (κ3) is 2.83. The fourth-order valence-electron chi connectivity index (χ4n) is 2.58. The van der Waals surface area contributed by atoms with Gasteiger partial charge < -0.3 is 10.3 Å². The maximum Gasteiger partial charge on any atom is 0.122 e. The van der Waals surface area contributed by atoms with Crippen molar-refractivity contribution >= 4 is 0 Å². The number of aryl methyl sites for hydroxylation is 1. The first-order valence-corrected chi connectivity index (χ1v) is 6.05. The summed E-state index contributed by atoms with van der Waals surface area (Å²) in [5.41, 5.74) is 5.93. The van der Waals surface area contributed by atoms with Crippen LogP contribution in [0.3, 0.4) is 0 Å². The Morgan fingerprint density at radius 2 is 2.38 bits per heavy atom. The monoisotopic (exact) mass is 222 g/mol. The summed E-state index contributed by atoms with van der Waals surface area (Å²) in [6.45, 7) is 2.07. The molecule has 16 heavy (non-hydrogen) atoms. The summed E-state index contributed by atoms with van der Waals surface area (Å²) in [5.74, 6) is 1.91. The van der Waals surface area contributed by atoms with Crippen LogP contribution in [0.5, 0.6) is 0 Å². The van der Waals surface area contributed by atoms with Gasteiger partial charge in [0.15, 0.2) is 0 Å². The van der Waals surface area contributed by atoms with Gasteiger partial charge in [-0.05, 0) is 32.2 Å². The molecule has 0 saturated heterocycles. The van der Waals surface area contributed by atoms with Gasteiger partial charge in [0.2, 0.25) is 0 Å². The van der Waals surface area contributed by atoms with Gasteiger partial charge in [0.05, 0.1) is 6.54 Å². The van der Waals surface area contributed by atoms with Crippen molar-refractivity contribution in [2.24, 2.45) is 18.7 Å². The Hall–Kier alpha value is -0.870. The smallest absolute Gasteiger partial charge is 0.122 e. The summed E-state index contributed by atoms with van der Waals surface area (Å²) >= 11 is 0. The SMILES string of the molecule is CN(Cc1nccn1C)CC1CCC(N)C1. The second-order valence-corrected chi connectivity index (χ2v) is 5.09. The fraction of sp³-hybridized carbons (Fsp3) is 0.750. The number of hydrogen-bond donors (Lipinski definition) is 1. The summed E-state index contributed by atoms with van der Waals surface area (Å²) in [4.78, 5) is 6.69. The van der Waals surface area contributed by atoms with E-state index in [1.807, 2.05) is 19.4 Å². The van der Waals surface area contributed by atoms with Gasteiger partial charge in [-0.15, -0.1) is 0 Å². The van der Waals surface area contributed by atoms with Crippen LogP contribution in [0.4, 0.5) is 0 Å². The van der Waals surface area contributed by atoms with Gasteiger partial charge in [-0.1, -0.05) is 0 Å². The molecule has 1 aromatic heterocycles. The van der Waals surface area contributed by atoms with Crippen LogP contribution in [0.2, 0.25) is 0 Å². The first-order valence-electron chi connectivity index (χ1n) is 6.05. The van der Waals surface area contributed by atoms with Crippen LogP contribution in [0.1, 0.15) is 25.1 Å². The lowest BCUT2D eigenvalue weighted by Crippen LogP contribution is -2.26. The highest BCUT2D eigenvalue weighted by molar-refractivity contribution is 4.91. The van der Waals surface area contributed by atoms with Crippen LogP contribution in [-0.4, -0.2) is 34.1 Å². The molecule has 2 rings (SSSR count). The van der Waals surface area contributed by atoms with Crippen molar-refractivity contribution in [3.8, 4) is 0 Å². The number of nitrogens with zero attached hydrogens (tertiary/aromatic N) is 3. The molecule has 0 bridgehead atoms. The summed E-state index contributed by atoms with van der Waals surface area (Å²) < 4.78 is 2.08. The molecule has 0 amide bonds. The summed E-state index contributed by atoms with van der Waals surface area (Å²) in [7, 11) is 4.21. The Balaban J connectivity index is 1.80. The van der Waals surface area contributed by atoms with E-state index in [1.165, 1.54) is 19.3 Å². The van der Waals surface area contributed by atoms with Crippen molar-refractivity contribution in [1.82, 2.24) is 14.5 Å². The van der Waals surface area contributed by atoms with Crippen molar-refractivity contribution in [2.75, 3.05) is 13.6 Å². The Morgan fingerprint density at radius 3 is 2.94 bits per heavy atom. The zero-order chi connectivity index (χ0) is 11.5. The van der Waals surface area contributed by atoms with E-state index in [9.17, 15) is 0 Å². The van der Waals surface area contributed by atoms with E-state index in [2.05, 4.69) is 21.5 Å². The highest BCUT2D eigenvalue weighted by atomic mass is 15.2. The predicted octanol–water partition coefficient (Wildman–Crippen LogP) is 0.979. The van der Waals surface area contributed by atoms with Crippen molar-refractivity contribution in [1.29, 1.82) is 0 Å². The number of imidazole rings is 1. The molecule has 1 aromatic rings. The molecular formula is C12H22N4. The van der Waals surface area contributed by atoms with Gasteiger partial charge in [0.1, 0.15) is 5.82 Å². The topological polar surface area (TPSA) is 47.1 Å². The first kappa shape index (κ1) is 11.6. The van der Waals surface area contributed by atoms with Gasteiger partial charge in [0.25, 0.3) is 0 Å². The minimum atomic E-state index is 0.437. The molecular weight excluding hydrogens is 200 g/mol. The van der Waals surface area contributed by atoms with Crippen molar-refractivity contribution < 1.29 is 0 Å². The number of rotatable bonds is 4. The Bertz CT molecular complexity index is 334. The molecule has 4 heteroatoms. The van der Waals surface area contributed by atoms with E-state index in [-0.39, 0.29) is 0 Å². The number of aromatic nitrogens is 2. The van der Waals surface area contributed by atoms with Crippen LogP contribution in [0.25, 0.3) is 0 Å². The minimum Gasteiger partial charge on any atom is -0.337 e. The summed E-state index contributed by atoms with van der Waals surface area (Å²) in [5, 5.41) is 0. The first-order chi connectivity index (χ1) is 7.65. The average Bonchev–Trinajstić information content (AvgIpc) is 2.77. The highest BCUT2D eigenvalue weighted by Gasteiger charge is 2.22. The van der Waals surface area contributed by atoms with Crippen LogP contribution in [0, 0.1) is 5.92 Å². The van der Waals surface area contributed by atoms with E-state index in [0.717, 1.165) is 24.8 Å². The molecule has 90 valence electrons. The highest BCUT2D eigenvalue weighted by Crippen LogP contribution is 2.24. The number of hydrogen-bond acceptors (Lipinski definition) is 3. The van der Waals surface area contributed by atoms with Gasteiger partial charge in [-0.3, -0.25) is 4.90 Å². The average molecular weight is 222 g/mol. The largest absolute Gasteiger partial charge is 0.337 e. The van der Waals surface area contributed by atoms with Gasteiger partial charge in [0, 0.05) is 32.0 Å². The summed E-state index contributed by atoms with van der Waals surface area (Å²) in [6, 6.07) is 0.437. The van der Waals surface area contributed by atoms with Gasteiger partial charge in [-0.2, -0.15) is 0 Å². The molecule has 1 aliphatic rings. The molecule has 1 aliphatic carbocycles. The summed E-state index contributed by atoms with van der Waals surface area (Å²) in [6.07, 6.45) is 7.52. The molecule has 0 aromatic carbocycles. The Labute approximate surface area is 97.4 Å². The maximum atomic E-state index is 5.93. The molecule has 1 fully saturated rings. The second-order valence-electron chi connectivity index (χ2n) is 5.09. The molecule has 0 aliphatic heterocycles. The molecule has 2 unspecified atom stereocenters. The van der Waals surface area contributed by atoms with Gasteiger partial charge in [-0.25, -0.2) is 4.98 Å². The lowest BCUT2D eigenvalue weighted by Gasteiger charge is -2.20. The Kier molecular flexibility index (Phi) is 3.61. The van der Waals surface area contributed by atoms with Crippen LogP contribution >= 0.6 is 0 Å². The number of nitrogens with two attached hydrogens (primary N) is 1. The molecule has 2 N–H and O–H groups in total. The van der Waals surface area contributed by atoms with Crippen molar-refractivity contribution in [3.05, 3.63) is 18.2 Å². The van der Waals surface area contributed by atoms with E-state index < -0.39 is 0 Å². The standard InChI is InChI=1S/C12H22N4/c1-15(8-10-3-4-11(13)7-10)9-12-14-5-6-16(12)2/h5-6,10-11H,3-4,7-9,13H2,1-2H3. The van der Waals surface area contributed by atoms with Gasteiger partial charge >= 0.3 is 0 Å². The van der Waals surface area contributed by atoms with E-state index in [0.29, 0.717) is 6.04 Å². The molecule has 0 radical (unpaired) electrons. The zero-order valence-electron chi connectivity index (χ0n) is 10.3. The van der Waals surface area contributed by atoms with E-state index >= 15 is 0 Å².